The van der Waals surface area contributed by atoms with E-state index in [0.717, 1.165) is 6.54 Å². The van der Waals surface area contributed by atoms with Crippen molar-refractivity contribution in [1.82, 2.24) is 5.32 Å². The highest BCUT2D eigenvalue weighted by molar-refractivity contribution is 5.76. The lowest BCUT2D eigenvalue weighted by Gasteiger charge is -2.46. The van der Waals surface area contributed by atoms with Crippen molar-refractivity contribution in [3.63, 3.8) is 0 Å². The Kier molecular flexibility index (Phi) is 1.47. The van der Waals surface area contributed by atoms with Crippen LogP contribution in [0.5, 0.6) is 0 Å². The number of nitrogens with one attached hydrogen (secondary N) is 1. The van der Waals surface area contributed by atoms with Gasteiger partial charge in [0.2, 0.25) is 0 Å². The van der Waals surface area contributed by atoms with Crippen LogP contribution in [0.25, 0.3) is 0 Å². The predicted molar refractivity (Wildman–Crippen MR) is 41.9 cm³/mol. The Labute approximate surface area is 70.9 Å². The fourth-order valence-electron chi connectivity index (χ4n) is 2.01. The maximum absolute atomic E-state index is 11.0. The summed E-state index contributed by atoms with van der Waals surface area (Å²) in [5.41, 5.74) is -0.774. The SMILES string of the molecule is C[C@@]1(C(=O)O)CNCC12COC2. The van der Waals surface area contributed by atoms with Crippen molar-refractivity contribution in [2.24, 2.45) is 10.8 Å². The number of aliphatic carboxylic acids is 1. The molecule has 12 heavy (non-hydrogen) atoms. The summed E-state index contributed by atoms with van der Waals surface area (Å²) in [6.07, 6.45) is 0. The highest BCUT2D eigenvalue weighted by Crippen LogP contribution is 2.47. The quantitative estimate of drug-likeness (QED) is 0.568. The van der Waals surface area contributed by atoms with Crippen molar-refractivity contribution < 1.29 is 14.6 Å². The third kappa shape index (κ3) is 0.716. The number of ether oxygens (including phenoxy) is 1. The van der Waals surface area contributed by atoms with Gasteiger partial charge in [0.1, 0.15) is 0 Å². The van der Waals surface area contributed by atoms with Crippen LogP contribution in [0, 0.1) is 10.8 Å². The first-order chi connectivity index (χ1) is 5.61. The number of carboxylic acids is 1. The number of carboxylic acid groups (broad SMARTS) is 1. The van der Waals surface area contributed by atoms with Crippen LogP contribution in [-0.4, -0.2) is 37.4 Å². The van der Waals surface area contributed by atoms with Crippen LogP contribution in [0.15, 0.2) is 0 Å². The van der Waals surface area contributed by atoms with Gasteiger partial charge >= 0.3 is 5.97 Å². The normalized spacial score (nSPS) is 38.1. The summed E-state index contributed by atoms with van der Waals surface area (Å²) < 4.78 is 5.10. The molecule has 0 bridgehead atoms. The molecule has 2 fully saturated rings. The highest BCUT2D eigenvalue weighted by Gasteiger charge is 2.60. The maximum atomic E-state index is 11.0. The van der Waals surface area contributed by atoms with Gasteiger partial charge in [-0.3, -0.25) is 4.79 Å². The number of carbonyl (C=O) groups is 1. The van der Waals surface area contributed by atoms with E-state index in [4.69, 9.17) is 9.84 Å². The first-order valence-electron chi connectivity index (χ1n) is 4.13. The topological polar surface area (TPSA) is 58.6 Å². The van der Waals surface area contributed by atoms with Crippen molar-refractivity contribution in [3.05, 3.63) is 0 Å². The molecule has 2 rings (SSSR count). The van der Waals surface area contributed by atoms with Crippen LogP contribution in [0.3, 0.4) is 0 Å². The minimum Gasteiger partial charge on any atom is -0.481 e. The molecule has 0 aliphatic carbocycles. The standard InChI is InChI=1S/C8H13NO3/c1-7(6(10)11)2-9-3-8(7)4-12-5-8/h9H,2-5H2,1H3,(H,10,11)/t7-/m0/s1. The van der Waals surface area contributed by atoms with Crippen LogP contribution >= 0.6 is 0 Å². The Morgan fingerprint density at radius 3 is 2.50 bits per heavy atom. The molecule has 1 spiro atoms. The molecule has 0 aromatic carbocycles. The Hall–Kier alpha value is -0.610. The number of hydrogen-bond acceptors (Lipinski definition) is 3. The van der Waals surface area contributed by atoms with Gasteiger partial charge in [0.05, 0.1) is 18.6 Å². The average Bonchev–Trinajstić information content (AvgIpc) is 2.26. The lowest BCUT2D eigenvalue weighted by Crippen LogP contribution is -2.56. The van der Waals surface area contributed by atoms with E-state index in [1.54, 1.807) is 6.92 Å². The molecule has 0 aromatic rings. The first kappa shape index (κ1) is 8.01. The summed E-state index contributed by atoms with van der Waals surface area (Å²) in [6, 6.07) is 0. The molecule has 4 heteroatoms. The molecule has 0 unspecified atom stereocenters. The van der Waals surface area contributed by atoms with Crippen LogP contribution < -0.4 is 5.32 Å². The van der Waals surface area contributed by atoms with E-state index in [1.807, 2.05) is 0 Å². The minimum atomic E-state index is -0.712. The zero-order valence-corrected chi connectivity index (χ0v) is 7.09. The monoisotopic (exact) mass is 171 g/mol. The second kappa shape index (κ2) is 2.20. The van der Waals surface area contributed by atoms with Gasteiger partial charge in [-0.1, -0.05) is 0 Å². The van der Waals surface area contributed by atoms with Gasteiger partial charge in [-0.25, -0.2) is 0 Å². The predicted octanol–water partition coefficient (Wildman–Crippen LogP) is -0.303. The second-order valence-electron chi connectivity index (χ2n) is 4.01. The van der Waals surface area contributed by atoms with Gasteiger partial charge < -0.3 is 15.2 Å². The molecule has 4 nitrogen and oxygen atoms in total. The largest absolute Gasteiger partial charge is 0.481 e. The second-order valence-corrected chi connectivity index (χ2v) is 4.01. The molecule has 2 aliphatic rings. The van der Waals surface area contributed by atoms with E-state index in [0.29, 0.717) is 19.8 Å². The number of hydrogen-bond donors (Lipinski definition) is 2. The van der Waals surface area contributed by atoms with Gasteiger partial charge in [0, 0.05) is 18.5 Å². The maximum Gasteiger partial charge on any atom is 0.311 e. The van der Waals surface area contributed by atoms with Gasteiger partial charge in [-0.2, -0.15) is 0 Å². The average molecular weight is 171 g/mol. The lowest BCUT2D eigenvalue weighted by atomic mass is 9.65. The molecular weight excluding hydrogens is 158 g/mol. The Balaban J connectivity index is 2.29. The highest BCUT2D eigenvalue weighted by atomic mass is 16.5. The lowest BCUT2D eigenvalue weighted by molar-refractivity contribution is -0.184. The molecule has 68 valence electrons. The summed E-state index contributed by atoms with van der Waals surface area (Å²) in [7, 11) is 0. The summed E-state index contributed by atoms with van der Waals surface area (Å²) in [6.45, 7) is 4.31. The van der Waals surface area contributed by atoms with E-state index in [9.17, 15) is 4.79 Å². The van der Waals surface area contributed by atoms with E-state index >= 15 is 0 Å². The van der Waals surface area contributed by atoms with Gasteiger partial charge in [0.15, 0.2) is 0 Å². The summed E-state index contributed by atoms with van der Waals surface area (Å²) in [5, 5.41) is 12.2. The first-order valence-corrected chi connectivity index (χ1v) is 4.13. The summed E-state index contributed by atoms with van der Waals surface area (Å²) in [4.78, 5) is 11.0. The molecule has 2 aliphatic heterocycles. The Morgan fingerprint density at radius 1 is 1.50 bits per heavy atom. The zero-order chi connectivity index (χ0) is 8.82. The third-order valence-electron chi connectivity index (χ3n) is 3.34. The number of rotatable bonds is 1. The Morgan fingerprint density at radius 2 is 2.17 bits per heavy atom. The molecule has 2 heterocycles. The summed E-state index contributed by atoms with van der Waals surface area (Å²) >= 11 is 0. The van der Waals surface area contributed by atoms with Crippen LogP contribution in [-0.2, 0) is 9.53 Å². The Bertz CT molecular complexity index is 224. The zero-order valence-electron chi connectivity index (χ0n) is 7.09. The van der Waals surface area contributed by atoms with Gasteiger partial charge in [-0.05, 0) is 6.92 Å². The molecule has 0 amide bonds. The summed E-state index contributed by atoms with van der Waals surface area (Å²) in [5.74, 6) is -0.712. The van der Waals surface area contributed by atoms with E-state index in [1.165, 1.54) is 0 Å². The van der Waals surface area contributed by atoms with Crippen molar-refractivity contribution in [3.8, 4) is 0 Å². The molecule has 0 saturated carbocycles. The van der Waals surface area contributed by atoms with Crippen molar-refractivity contribution in [2.75, 3.05) is 26.3 Å². The fraction of sp³-hybridized carbons (Fsp3) is 0.875. The van der Waals surface area contributed by atoms with E-state index in [-0.39, 0.29) is 5.41 Å². The molecule has 2 N–H and O–H groups in total. The molecular formula is C8H13NO3. The molecule has 0 aromatic heterocycles. The van der Waals surface area contributed by atoms with Crippen molar-refractivity contribution >= 4 is 5.97 Å². The van der Waals surface area contributed by atoms with Gasteiger partial charge in [0.25, 0.3) is 0 Å². The molecule has 1 atom stereocenters. The van der Waals surface area contributed by atoms with E-state index in [2.05, 4.69) is 5.32 Å². The van der Waals surface area contributed by atoms with Crippen LogP contribution in [0.2, 0.25) is 0 Å². The van der Waals surface area contributed by atoms with Crippen LogP contribution in [0.4, 0.5) is 0 Å². The minimum absolute atomic E-state index is 0.140. The smallest absolute Gasteiger partial charge is 0.311 e. The fourth-order valence-corrected chi connectivity index (χ4v) is 2.01. The van der Waals surface area contributed by atoms with Gasteiger partial charge in [-0.15, -0.1) is 0 Å². The molecule has 2 saturated heterocycles. The van der Waals surface area contributed by atoms with Crippen molar-refractivity contribution in [2.45, 2.75) is 6.92 Å². The van der Waals surface area contributed by atoms with Crippen LogP contribution in [0.1, 0.15) is 6.92 Å². The van der Waals surface area contributed by atoms with E-state index < -0.39 is 11.4 Å². The third-order valence-corrected chi connectivity index (χ3v) is 3.34. The van der Waals surface area contributed by atoms with Crippen molar-refractivity contribution in [1.29, 1.82) is 0 Å². The molecule has 0 radical (unpaired) electrons.